The van der Waals surface area contributed by atoms with E-state index in [0.29, 0.717) is 24.5 Å². The Morgan fingerprint density at radius 3 is 2.35 bits per heavy atom. The Hall–Kier alpha value is -2.97. The molecule has 0 atom stereocenters. The van der Waals surface area contributed by atoms with Crippen molar-refractivity contribution in [2.75, 3.05) is 13.2 Å². The van der Waals surface area contributed by atoms with Crippen molar-refractivity contribution in [2.24, 2.45) is 0 Å². The predicted molar refractivity (Wildman–Crippen MR) is 99.6 cm³/mol. The Balaban J connectivity index is 1.94. The molecule has 0 bridgehead atoms. The van der Waals surface area contributed by atoms with Crippen molar-refractivity contribution in [1.82, 2.24) is 0 Å². The van der Waals surface area contributed by atoms with Gasteiger partial charge in [-0.1, -0.05) is 23.7 Å². The largest absolute Gasteiger partial charge is 0.490 e. The van der Waals surface area contributed by atoms with Gasteiger partial charge >= 0.3 is 5.97 Å². The van der Waals surface area contributed by atoms with E-state index in [1.807, 2.05) is 26.0 Å². The fourth-order valence-electron chi connectivity index (χ4n) is 2.31. The summed E-state index contributed by atoms with van der Waals surface area (Å²) in [4.78, 5) is 10.9. The number of nitrogens with zero attached hydrogens (tertiary/aromatic N) is 1. The second kappa shape index (κ2) is 8.93. The maximum absolute atomic E-state index is 10.9. The number of ether oxygens (including phenoxy) is 2. The first kappa shape index (κ1) is 19.4. The van der Waals surface area contributed by atoms with Crippen molar-refractivity contribution < 1.29 is 19.4 Å². The molecule has 0 fully saturated rings. The standard InChI is InChI=1S/C20H18ClNO4/c1-13-8-18(9-14(2)19(13)21)26-7-6-25-17-5-3-4-15(11-17)10-16(12-22)20(23)24/h3-5,8-11H,6-7H2,1-2H3,(H,23,24). The maximum atomic E-state index is 10.9. The number of hydrogen-bond donors (Lipinski definition) is 1. The minimum Gasteiger partial charge on any atom is -0.490 e. The van der Waals surface area contributed by atoms with E-state index in [-0.39, 0.29) is 5.57 Å². The van der Waals surface area contributed by atoms with Gasteiger partial charge < -0.3 is 14.6 Å². The van der Waals surface area contributed by atoms with Crippen LogP contribution in [-0.2, 0) is 4.79 Å². The van der Waals surface area contributed by atoms with Crippen LogP contribution in [0, 0.1) is 25.2 Å². The molecule has 0 heterocycles. The third kappa shape index (κ3) is 5.27. The number of halogens is 1. The SMILES string of the molecule is Cc1cc(OCCOc2cccc(C=C(C#N)C(=O)O)c2)cc(C)c1Cl. The van der Waals surface area contributed by atoms with Crippen molar-refractivity contribution in [3.05, 3.63) is 63.7 Å². The molecule has 2 aromatic rings. The smallest absolute Gasteiger partial charge is 0.346 e. The van der Waals surface area contributed by atoms with E-state index in [9.17, 15) is 4.79 Å². The van der Waals surface area contributed by atoms with Crippen LogP contribution >= 0.6 is 11.6 Å². The molecule has 0 saturated heterocycles. The van der Waals surface area contributed by atoms with Gasteiger partial charge in [-0.05, 0) is 60.9 Å². The minimum atomic E-state index is -1.26. The highest BCUT2D eigenvalue weighted by atomic mass is 35.5. The zero-order valence-corrected chi connectivity index (χ0v) is 15.2. The van der Waals surface area contributed by atoms with Crippen molar-refractivity contribution in [3.8, 4) is 17.6 Å². The summed E-state index contributed by atoms with van der Waals surface area (Å²) in [6.45, 7) is 4.51. The number of hydrogen-bond acceptors (Lipinski definition) is 4. The molecule has 134 valence electrons. The molecule has 0 aliphatic heterocycles. The third-order valence-electron chi connectivity index (χ3n) is 3.55. The highest BCUT2D eigenvalue weighted by Gasteiger charge is 2.06. The van der Waals surface area contributed by atoms with Crippen molar-refractivity contribution >= 4 is 23.6 Å². The number of nitriles is 1. The molecule has 2 rings (SSSR count). The van der Waals surface area contributed by atoms with Crippen LogP contribution in [0.2, 0.25) is 5.02 Å². The highest BCUT2D eigenvalue weighted by molar-refractivity contribution is 6.32. The predicted octanol–water partition coefficient (Wildman–Crippen LogP) is 4.41. The van der Waals surface area contributed by atoms with E-state index in [1.54, 1.807) is 30.3 Å². The van der Waals surface area contributed by atoms with Gasteiger partial charge in [0.1, 0.15) is 36.4 Å². The van der Waals surface area contributed by atoms with Crippen LogP contribution in [0.5, 0.6) is 11.5 Å². The monoisotopic (exact) mass is 371 g/mol. The first-order chi connectivity index (χ1) is 12.4. The summed E-state index contributed by atoms with van der Waals surface area (Å²) in [5.74, 6) is 0.0269. The van der Waals surface area contributed by atoms with Crippen molar-refractivity contribution in [1.29, 1.82) is 5.26 Å². The average molecular weight is 372 g/mol. The Labute approximate surface area is 157 Å². The lowest BCUT2D eigenvalue weighted by Crippen LogP contribution is -2.09. The van der Waals surface area contributed by atoms with Gasteiger partial charge in [-0.15, -0.1) is 0 Å². The van der Waals surface area contributed by atoms with Crippen LogP contribution in [0.15, 0.2) is 42.0 Å². The Morgan fingerprint density at radius 2 is 1.77 bits per heavy atom. The van der Waals surface area contributed by atoms with E-state index in [0.717, 1.165) is 21.9 Å². The topological polar surface area (TPSA) is 79.5 Å². The second-order valence-electron chi connectivity index (χ2n) is 5.62. The molecule has 2 aromatic carbocycles. The van der Waals surface area contributed by atoms with Crippen molar-refractivity contribution in [2.45, 2.75) is 13.8 Å². The molecule has 1 N–H and O–H groups in total. The van der Waals surface area contributed by atoms with Crippen LogP contribution in [0.4, 0.5) is 0 Å². The Bertz CT molecular complexity index is 861. The van der Waals surface area contributed by atoms with Crippen LogP contribution < -0.4 is 9.47 Å². The van der Waals surface area contributed by atoms with Gasteiger partial charge in [0, 0.05) is 5.02 Å². The molecule has 0 saturated carbocycles. The molecule has 0 radical (unpaired) electrons. The number of aryl methyl sites for hydroxylation is 2. The summed E-state index contributed by atoms with van der Waals surface area (Å²) in [6.07, 6.45) is 1.30. The van der Waals surface area contributed by atoms with Crippen LogP contribution in [0.3, 0.4) is 0 Å². The van der Waals surface area contributed by atoms with Crippen LogP contribution in [0.1, 0.15) is 16.7 Å². The normalized spacial score (nSPS) is 10.9. The van der Waals surface area contributed by atoms with Gasteiger partial charge in [0.2, 0.25) is 0 Å². The lowest BCUT2D eigenvalue weighted by atomic mass is 10.1. The summed E-state index contributed by atoms with van der Waals surface area (Å²) in [5, 5.41) is 18.4. The highest BCUT2D eigenvalue weighted by Crippen LogP contribution is 2.25. The summed E-state index contributed by atoms with van der Waals surface area (Å²) < 4.78 is 11.3. The molecule has 0 spiro atoms. The number of rotatable bonds is 7. The zero-order chi connectivity index (χ0) is 19.1. The van der Waals surface area contributed by atoms with Gasteiger partial charge in [-0.25, -0.2) is 4.79 Å². The molecule has 0 unspecified atom stereocenters. The maximum Gasteiger partial charge on any atom is 0.346 e. The molecule has 0 aliphatic carbocycles. The number of benzene rings is 2. The van der Waals surface area contributed by atoms with Crippen molar-refractivity contribution in [3.63, 3.8) is 0 Å². The molecule has 0 amide bonds. The molecule has 0 aromatic heterocycles. The number of aliphatic carboxylic acids is 1. The van der Waals surface area contributed by atoms with E-state index in [4.69, 9.17) is 31.4 Å². The summed E-state index contributed by atoms with van der Waals surface area (Å²) >= 11 is 6.13. The molecule has 6 heteroatoms. The lowest BCUT2D eigenvalue weighted by molar-refractivity contribution is -0.132. The molecule has 26 heavy (non-hydrogen) atoms. The summed E-state index contributed by atoms with van der Waals surface area (Å²) in [5.41, 5.74) is 2.15. The van der Waals surface area contributed by atoms with Gasteiger partial charge in [-0.2, -0.15) is 5.26 Å². The van der Waals surface area contributed by atoms with Gasteiger partial charge in [0.05, 0.1) is 0 Å². The number of carboxylic acid groups (broad SMARTS) is 1. The van der Waals surface area contributed by atoms with E-state index < -0.39 is 5.97 Å². The van der Waals surface area contributed by atoms with E-state index in [1.165, 1.54) is 6.08 Å². The molecule has 5 nitrogen and oxygen atoms in total. The second-order valence-corrected chi connectivity index (χ2v) is 5.99. The summed E-state index contributed by atoms with van der Waals surface area (Å²) in [7, 11) is 0. The quantitative estimate of drug-likeness (QED) is 0.443. The van der Waals surface area contributed by atoms with Gasteiger partial charge in [0.25, 0.3) is 0 Å². The summed E-state index contributed by atoms with van der Waals surface area (Å²) in [6, 6.07) is 12.2. The fourth-order valence-corrected chi connectivity index (χ4v) is 2.42. The Morgan fingerprint density at radius 1 is 1.15 bits per heavy atom. The molecular formula is C20H18ClNO4. The zero-order valence-electron chi connectivity index (χ0n) is 14.5. The minimum absolute atomic E-state index is 0.317. The van der Waals surface area contributed by atoms with E-state index >= 15 is 0 Å². The fraction of sp³-hybridized carbons (Fsp3) is 0.200. The average Bonchev–Trinajstić information content (AvgIpc) is 2.61. The lowest BCUT2D eigenvalue weighted by Gasteiger charge is -2.11. The third-order valence-corrected chi connectivity index (χ3v) is 4.15. The van der Waals surface area contributed by atoms with Gasteiger partial charge in [-0.3, -0.25) is 0 Å². The molecule has 0 aliphatic rings. The first-order valence-electron chi connectivity index (χ1n) is 7.88. The van der Waals surface area contributed by atoms with Crippen LogP contribution in [0.25, 0.3) is 6.08 Å². The first-order valence-corrected chi connectivity index (χ1v) is 8.26. The Kier molecular flexibility index (Phi) is 6.65. The molecular weight excluding hydrogens is 354 g/mol. The van der Waals surface area contributed by atoms with Gasteiger partial charge in [0.15, 0.2) is 0 Å². The van der Waals surface area contributed by atoms with E-state index in [2.05, 4.69) is 0 Å². The number of carboxylic acids is 1. The number of carbonyl (C=O) groups is 1. The van der Waals surface area contributed by atoms with Crippen LogP contribution in [-0.4, -0.2) is 24.3 Å².